The number of rotatable bonds is 3. The zero-order chi connectivity index (χ0) is 15.9. The highest BCUT2D eigenvalue weighted by molar-refractivity contribution is 5.95. The predicted molar refractivity (Wildman–Crippen MR) is 83.7 cm³/mol. The molecule has 0 aliphatic carbocycles. The fourth-order valence-corrected chi connectivity index (χ4v) is 3.33. The molecule has 6 heteroatoms. The van der Waals surface area contributed by atoms with Crippen LogP contribution >= 0.6 is 0 Å². The molecule has 0 fully saturated rings. The summed E-state index contributed by atoms with van der Waals surface area (Å²) in [6, 6.07) is 2.00. The monoisotopic (exact) mass is 301 g/mol. The number of carbonyl (C=O) groups excluding carboxylic acids is 1. The van der Waals surface area contributed by atoms with E-state index in [2.05, 4.69) is 33.2 Å². The van der Waals surface area contributed by atoms with Crippen molar-refractivity contribution in [2.75, 3.05) is 6.54 Å². The Kier molecular flexibility index (Phi) is 3.76. The summed E-state index contributed by atoms with van der Waals surface area (Å²) in [6.07, 6.45) is 0.874. The summed E-state index contributed by atoms with van der Waals surface area (Å²) in [5.74, 6) is 1.99. The molecule has 1 amide bonds. The van der Waals surface area contributed by atoms with E-state index in [1.165, 1.54) is 0 Å². The minimum absolute atomic E-state index is 0.0973. The van der Waals surface area contributed by atoms with E-state index in [0.717, 1.165) is 48.1 Å². The van der Waals surface area contributed by atoms with E-state index < -0.39 is 0 Å². The van der Waals surface area contributed by atoms with Crippen LogP contribution in [-0.2, 0) is 26.1 Å². The molecule has 0 spiro atoms. The van der Waals surface area contributed by atoms with Gasteiger partial charge < -0.3 is 14.0 Å². The third kappa shape index (κ3) is 2.23. The summed E-state index contributed by atoms with van der Waals surface area (Å²) in [5, 5.41) is 8.43. The van der Waals surface area contributed by atoms with E-state index in [0.29, 0.717) is 13.1 Å². The van der Waals surface area contributed by atoms with Gasteiger partial charge in [0.05, 0.1) is 12.1 Å². The van der Waals surface area contributed by atoms with Crippen molar-refractivity contribution >= 4 is 5.91 Å². The Morgan fingerprint density at radius 3 is 2.64 bits per heavy atom. The number of amides is 1. The lowest BCUT2D eigenvalue weighted by atomic mass is 10.2. The Morgan fingerprint density at radius 2 is 2.00 bits per heavy atom. The molecule has 118 valence electrons. The second kappa shape index (κ2) is 5.59. The molecule has 2 aromatic heterocycles. The Morgan fingerprint density at radius 1 is 1.23 bits per heavy atom. The highest BCUT2D eigenvalue weighted by Crippen LogP contribution is 2.20. The molecule has 22 heavy (non-hydrogen) atoms. The van der Waals surface area contributed by atoms with E-state index in [1.807, 2.05) is 24.8 Å². The van der Waals surface area contributed by atoms with Crippen LogP contribution in [0, 0.1) is 13.8 Å². The summed E-state index contributed by atoms with van der Waals surface area (Å²) >= 11 is 0. The molecule has 0 aromatic carbocycles. The summed E-state index contributed by atoms with van der Waals surface area (Å²) in [4.78, 5) is 14.7. The molecule has 0 radical (unpaired) electrons. The lowest BCUT2D eigenvalue weighted by molar-refractivity contribution is 0.0705. The molecule has 0 bridgehead atoms. The first-order valence-electron chi connectivity index (χ1n) is 7.93. The van der Waals surface area contributed by atoms with Gasteiger partial charge >= 0.3 is 0 Å². The van der Waals surface area contributed by atoms with Crippen molar-refractivity contribution in [2.24, 2.45) is 0 Å². The third-order valence-corrected chi connectivity index (χ3v) is 4.55. The SMILES string of the molecule is CCc1nnc2n1CCN(C(=O)c1cc(C)n(CC)c1C)C2. The van der Waals surface area contributed by atoms with Gasteiger partial charge in [-0.25, -0.2) is 0 Å². The van der Waals surface area contributed by atoms with Crippen molar-refractivity contribution in [3.8, 4) is 0 Å². The number of hydrogen-bond acceptors (Lipinski definition) is 3. The third-order valence-electron chi connectivity index (χ3n) is 4.55. The van der Waals surface area contributed by atoms with Crippen LogP contribution in [0.15, 0.2) is 6.07 Å². The lowest BCUT2D eigenvalue weighted by Gasteiger charge is -2.28. The number of nitrogens with zero attached hydrogens (tertiary/aromatic N) is 5. The van der Waals surface area contributed by atoms with Gasteiger partial charge in [0.2, 0.25) is 0 Å². The molecule has 0 saturated heterocycles. The van der Waals surface area contributed by atoms with E-state index in [1.54, 1.807) is 0 Å². The first-order chi connectivity index (χ1) is 10.6. The minimum Gasteiger partial charge on any atom is -0.349 e. The van der Waals surface area contributed by atoms with Crippen LogP contribution in [0.2, 0.25) is 0 Å². The molecular formula is C16H23N5O. The van der Waals surface area contributed by atoms with E-state index in [9.17, 15) is 4.79 Å². The van der Waals surface area contributed by atoms with E-state index in [4.69, 9.17) is 0 Å². The molecule has 1 aliphatic heterocycles. The zero-order valence-electron chi connectivity index (χ0n) is 13.8. The second-order valence-corrected chi connectivity index (χ2v) is 5.79. The van der Waals surface area contributed by atoms with Crippen molar-refractivity contribution in [1.29, 1.82) is 0 Å². The van der Waals surface area contributed by atoms with Crippen LogP contribution in [0.3, 0.4) is 0 Å². The normalized spacial score (nSPS) is 14.3. The Balaban J connectivity index is 1.85. The lowest BCUT2D eigenvalue weighted by Crippen LogP contribution is -2.39. The molecule has 0 N–H and O–H groups in total. The van der Waals surface area contributed by atoms with E-state index in [-0.39, 0.29) is 5.91 Å². The van der Waals surface area contributed by atoms with Crippen LogP contribution in [0.5, 0.6) is 0 Å². The fraction of sp³-hybridized carbons (Fsp3) is 0.562. The Bertz CT molecular complexity index is 712. The van der Waals surface area contributed by atoms with E-state index >= 15 is 0 Å². The van der Waals surface area contributed by atoms with Crippen molar-refractivity contribution in [2.45, 2.75) is 53.8 Å². The molecule has 3 rings (SSSR count). The fourth-order valence-electron chi connectivity index (χ4n) is 3.33. The Labute approximate surface area is 130 Å². The van der Waals surface area contributed by atoms with Gasteiger partial charge in [-0.1, -0.05) is 6.92 Å². The quantitative estimate of drug-likeness (QED) is 0.870. The maximum absolute atomic E-state index is 12.8. The van der Waals surface area contributed by atoms with Gasteiger partial charge in [-0.15, -0.1) is 10.2 Å². The maximum atomic E-state index is 12.8. The highest BCUT2D eigenvalue weighted by Gasteiger charge is 2.26. The largest absolute Gasteiger partial charge is 0.349 e. The molecule has 0 atom stereocenters. The smallest absolute Gasteiger partial charge is 0.256 e. The van der Waals surface area contributed by atoms with Crippen molar-refractivity contribution in [3.63, 3.8) is 0 Å². The summed E-state index contributed by atoms with van der Waals surface area (Å²) in [5.41, 5.74) is 2.99. The van der Waals surface area contributed by atoms with Gasteiger partial charge in [0, 0.05) is 37.4 Å². The minimum atomic E-state index is 0.0973. The summed E-state index contributed by atoms with van der Waals surface area (Å²) in [6.45, 7) is 11.2. The van der Waals surface area contributed by atoms with Gasteiger partial charge in [0.1, 0.15) is 5.82 Å². The first-order valence-corrected chi connectivity index (χ1v) is 7.93. The van der Waals surface area contributed by atoms with Crippen LogP contribution in [-0.4, -0.2) is 36.7 Å². The summed E-state index contributed by atoms with van der Waals surface area (Å²) in [7, 11) is 0. The average molecular weight is 301 g/mol. The van der Waals surface area contributed by atoms with Crippen LogP contribution < -0.4 is 0 Å². The van der Waals surface area contributed by atoms with Gasteiger partial charge in [0.15, 0.2) is 5.82 Å². The van der Waals surface area contributed by atoms with Gasteiger partial charge in [-0.05, 0) is 26.8 Å². The second-order valence-electron chi connectivity index (χ2n) is 5.79. The standard InChI is InChI=1S/C16H23N5O/c1-5-14-17-18-15-10-19(7-8-21(14)15)16(22)13-9-11(3)20(6-2)12(13)4/h9H,5-8,10H2,1-4H3. The molecule has 0 unspecified atom stereocenters. The number of aryl methyl sites for hydroxylation is 2. The van der Waals surface area contributed by atoms with Crippen LogP contribution in [0.25, 0.3) is 0 Å². The highest BCUT2D eigenvalue weighted by atomic mass is 16.2. The van der Waals surface area contributed by atoms with Gasteiger partial charge in [0.25, 0.3) is 5.91 Å². The van der Waals surface area contributed by atoms with Gasteiger partial charge in [-0.2, -0.15) is 0 Å². The zero-order valence-corrected chi connectivity index (χ0v) is 13.8. The van der Waals surface area contributed by atoms with Crippen LogP contribution in [0.1, 0.15) is 47.2 Å². The maximum Gasteiger partial charge on any atom is 0.256 e. The Hall–Kier alpha value is -2.11. The van der Waals surface area contributed by atoms with Crippen molar-refractivity contribution in [3.05, 3.63) is 34.7 Å². The molecule has 2 aromatic rings. The van der Waals surface area contributed by atoms with Crippen molar-refractivity contribution in [1.82, 2.24) is 24.2 Å². The predicted octanol–water partition coefficient (Wildman–Crippen LogP) is 1.93. The molecule has 0 saturated carbocycles. The molecule has 6 nitrogen and oxygen atoms in total. The number of hydrogen-bond donors (Lipinski definition) is 0. The topological polar surface area (TPSA) is 56.0 Å². The summed E-state index contributed by atoms with van der Waals surface area (Å²) < 4.78 is 4.31. The first kappa shape index (κ1) is 14.8. The van der Waals surface area contributed by atoms with Gasteiger partial charge in [-0.3, -0.25) is 4.79 Å². The van der Waals surface area contributed by atoms with Crippen LogP contribution in [0.4, 0.5) is 0 Å². The average Bonchev–Trinajstić information content (AvgIpc) is 3.06. The number of fused-ring (bicyclic) bond motifs is 1. The molecule has 1 aliphatic rings. The van der Waals surface area contributed by atoms with Crippen molar-refractivity contribution < 1.29 is 4.79 Å². The number of carbonyl (C=O) groups is 1. The molecule has 3 heterocycles. The number of aromatic nitrogens is 4. The molecular weight excluding hydrogens is 278 g/mol.